The highest BCUT2D eigenvalue weighted by molar-refractivity contribution is 5.87. The molecule has 0 radical (unpaired) electrons. The molecule has 0 bridgehead atoms. The van der Waals surface area contributed by atoms with E-state index in [0.29, 0.717) is 12.3 Å². The van der Waals surface area contributed by atoms with Gasteiger partial charge in [-0.3, -0.25) is 9.59 Å². The molecule has 0 fully saturated rings. The lowest BCUT2D eigenvalue weighted by Crippen LogP contribution is -2.49. The molecule has 2 aromatic rings. The van der Waals surface area contributed by atoms with E-state index in [1.165, 1.54) is 17.0 Å². The van der Waals surface area contributed by atoms with Crippen LogP contribution < -0.4 is 14.8 Å². The smallest absolute Gasteiger partial charge is 0.261 e. The Morgan fingerprint density at radius 1 is 1.17 bits per heavy atom. The Morgan fingerprint density at radius 3 is 2.63 bits per heavy atom. The van der Waals surface area contributed by atoms with Crippen molar-refractivity contribution in [3.05, 3.63) is 59.9 Å². The molecule has 0 aliphatic rings. The number of hydrogen-bond donors (Lipinski definition) is 1. The number of carbonyl (C=O) groups is 2. The number of nitrogens with one attached hydrogen (secondary N) is 1. The summed E-state index contributed by atoms with van der Waals surface area (Å²) < 4.78 is 24.4. The summed E-state index contributed by atoms with van der Waals surface area (Å²) in [6.07, 6.45) is 1.82. The molecule has 0 aliphatic carbocycles. The third kappa shape index (κ3) is 6.76. The summed E-state index contributed by atoms with van der Waals surface area (Å²) in [5.41, 5.74) is 0.807. The molecule has 2 amide bonds. The number of hydrogen-bond acceptors (Lipinski definition) is 4. The maximum absolute atomic E-state index is 13.8. The molecule has 1 atom stereocenters. The van der Waals surface area contributed by atoms with Crippen LogP contribution in [0.3, 0.4) is 0 Å². The molecular formula is C23H29FN2O4. The van der Waals surface area contributed by atoms with Gasteiger partial charge in [0.25, 0.3) is 5.91 Å². The molecule has 7 heteroatoms. The Balaban J connectivity index is 2.15. The number of amides is 2. The van der Waals surface area contributed by atoms with Crippen molar-refractivity contribution >= 4 is 11.8 Å². The first kappa shape index (κ1) is 23.2. The third-order valence-corrected chi connectivity index (χ3v) is 4.67. The Kier molecular flexibility index (Phi) is 9.12. The number of benzene rings is 2. The van der Waals surface area contributed by atoms with E-state index in [-0.39, 0.29) is 24.8 Å². The highest BCUT2D eigenvalue weighted by atomic mass is 19.1. The second kappa shape index (κ2) is 11.8. The molecule has 2 aromatic carbocycles. The number of carbonyl (C=O) groups excluding carboxylic acids is 2. The summed E-state index contributed by atoms with van der Waals surface area (Å²) in [7, 11) is 1.56. The van der Waals surface area contributed by atoms with Crippen LogP contribution in [0.2, 0.25) is 0 Å². The van der Waals surface area contributed by atoms with Crippen molar-refractivity contribution in [1.29, 1.82) is 0 Å². The molecular weight excluding hydrogens is 387 g/mol. The van der Waals surface area contributed by atoms with E-state index in [0.717, 1.165) is 18.4 Å². The first-order valence-corrected chi connectivity index (χ1v) is 10.0. The highest BCUT2D eigenvalue weighted by Crippen LogP contribution is 2.18. The van der Waals surface area contributed by atoms with E-state index >= 15 is 0 Å². The van der Waals surface area contributed by atoms with E-state index < -0.39 is 17.8 Å². The van der Waals surface area contributed by atoms with E-state index in [1.807, 2.05) is 19.1 Å². The lowest BCUT2D eigenvalue weighted by atomic mass is 10.1. The van der Waals surface area contributed by atoms with Gasteiger partial charge in [0.15, 0.2) is 18.2 Å². The zero-order valence-corrected chi connectivity index (χ0v) is 17.7. The molecule has 0 aromatic heterocycles. The van der Waals surface area contributed by atoms with Gasteiger partial charge < -0.3 is 19.7 Å². The maximum Gasteiger partial charge on any atom is 0.261 e. The lowest BCUT2D eigenvalue weighted by Gasteiger charge is -2.29. The molecule has 0 saturated heterocycles. The number of halogens is 1. The normalized spacial score (nSPS) is 11.5. The van der Waals surface area contributed by atoms with Gasteiger partial charge in [-0.25, -0.2) is 4.39 Å². The zero-order valence-electron chi connectivity index (χ0n) is 17.7. The van der Waals surface area contributed by atoms with Crippen LogP contribution >= 0.6 is 0 Å². The average molecular weight is 416 g/mol. The molecule has 0 saturated carbocycles. The van der Waals surface area contributed by atoms with Crippen LogP contribution in [0.4, 0.5) is 4.39 Å². The zero-order chi connectivity index (χ0) is 21.9. The summed E-state index contributed by atoms with van der Waals surface area (Å²) in [5.74, 6) is -0.561. The second-order valence-electron chi connectivity index (χ2n) is 6.91. The molecule has 2 rings (SSSR count). The van der Waals surface area contributed by atoms with Gasteiger partial charge in [-0.05, 0) is 43.2 Å². The molecule has 0 spiro atoms. The lowest BCUT2D eigenvalue weighted by molar-refractivity contribution is -0.142. The summed E-state index contributed by atoms with van der Waals surface area (Å²) >= 11 is 0. The van der Waals surface area contributed by atoms with Crippen LogP contribution in [0.1, 0.15) is 32.3 Å². The third-order valence-electron chi connectivity index (χ3n) is 4.67. The fraction of sp³-hybridized carbons (Fsp3) is 0.391. The number of unbranched alkanes of at least 4 members (excludes halogenated alkanes) is 1. The Bertz CT molecular complexity index is 843. The number of para-hydroxylation sites is 1. The quantitative estimate of drug-likeness (QED) is 0.569. The minimum atomic E-state index is -0.718. The van der Waals surface area contributed by atoms with Crippen LogP contribution in [0.5, 0.6) is 11.5 Å². The van der Waals surface area contributed by atoms with Gasteiger partial charge in [0, 0.05) is 13.1 Å². The van der Waals surface area contributed by atoms with Gasteiger partial charge in [0.2, 0.25) is 5.91 Å². The first-order chi connectivity index (χ1) is 14.5. The largest absolute Gasteiger partial charge is 0.497 e. The SMILES string of the molecule is CCCCNC(=O)C(C)N(Cc1cccc(OC)c1)C(=O)COc1ccccc1F. The highest BCUT2D eigenvalue weighted by Gasteiger charge is 2.26. The first-order valence-electron chi connectivity index (χ1n) is 10.0. The minimum Gasteiger partial charge on any atom is -0.497 e. The molecule has 0 heterocycles. The average Bonchev–Trinajstić information content (AvgIpc) is 2.76. The van der Waals surface area contributed by atoms with E-state index in [1.54, 1.807) is 38.3 Å². The number of nitrogens with zero attached hydrogens (tertiary/aromatic N) is 1. The summed E-state index contributed by atoms with van der Waals surface area (Å²) in [6.45, 7) is 4.07. The number of ether oxygens (including phenoxy) is 2. The van der Waals surface area contributed by atoms with Gasteiger partial charge in [0.1, 0.15) is 11.8 Å². The second-order valence-corrected chi connectivity index (χ2v) is 6.91. The van der Waals surface area contributed by atoms with Gasteiger partial charge in [-0.1, -0.05) is 37.6 Å². The van der Waals surface area contributed by atoms with Crippen molar-refractivity contribution in [2.75, 3.05) is 20.3 Å². The fourth-order valence-corrected chi connectivity index (χ4v) is 2.87. The monoisotopic (exact) mass is 416 g/mol. The van der Waals surface area contributed by atoms with Gasteiger partial charge in [0.05, 0.1) is 7.11 Å². The van der Waals surface area contributed by atoms with Crippen molar-refractivity contribution in [1.82, 2.24) is 10.2 Å². The molecule has 30 heavy (non-hydrogen) atoms. The minimum absolute atomic E-state index is 0.00719. The van der Waals surface area contributed by atoms with Crippen molar-refractivity contribution in [2.24, 2.45) is 0 Å². The van der Waals surface area contributed by atoms with Crippen molar-refractivity contribution in [3.63, 3.8) is 0 Å². The summed E-state index contributed by atoms with van der Waals surface area (Å²) in [5, 5.41) is 2.85. The predicted molar refractivity (Wildman–Crippen MR) is 113 cm³/mol. The standard InChI is InChI=1S/C23H29FN2O4/c1-4-5-13-25-23(28)17(2)26(15-18-9-8-10-19(14-18)29-3)22(27)16-30-21-12-7-6-11-20(21)24/h6-12,14,17H,4-5,13,15-16H2,1-3H3,(H,25,28). The molecule has 162 valence electrons. The van der Waals surface area contributed by atoms with Crippen LogP contribution in [0.15, 0.2) is 48.5 Å². The van der Waals surface area contributed by atoms with Crippen LogP contribution in [-0.2, 0) is 16.1 Å². The van der Waals surface area contributed by atoms with Crippen molar-refractivity contribution in [3.8, 4) is 11.5 Å². The van der Waals surface area contributed by atoms with Gasteiger partial charge in [-0.2, -0.15) is 0 Å². The fourth-order valence-electron chi connectivity index (χ4n) is 2.87. The van der Waals surface area contributed by atoms with E-state index in [2.05, 4.69) is 5.32 Å². The summed E-state index contributed by atoms with van der Waals surface area (Å²) in [4.78, 5) is 26.9. The van der Waals surface area contributed by atoms with E-state index in [4.69, 9.17) is 9.47 Å². The molecule has 6 nitrogen and oxygen atoms in total. The van der Waals surface area contributed by atoms with Crippen molar-refractivity contribution < 1.29 is 23.5 Å². The predicted octanol–water partition coefficient (Wildman–Crippen LogP) is 3.55. The Morgan fingerprint density at radius 2 is 1.93 bits per heavy atom. The van der Waals surface area contributed by atoms with Gasteiger partial charge in [-0.15, -0.1) is 0 Å². The maximum atomic E-state index is 13.8. The van der Waals surface area contributed by atoms with Crippen LogP contribution in [0.25, 0.3) is 0 Å². The molecule has 1 unspecified atom stereocenters. The van der Waals surface area contributed by atoms with Gasteiger partial charge >= 0.3 is 0 Å². The Hall–Kier alpha value is -3.09. The van der Waals surface area contributed by atoms with E-state index in [9.17, 15) is 14.0 Å². The topological polar surface area (TPSA) is 67.9 Å². The Labute approximate surface area is 177 Å². The van der Waals surface area contributed by atoms with Crippen LogP contribution in [-0.4, -0.2) is 43.0 Å². The molecule has 0 aliphatic heterocycles. The molecule has 1 N–H and O–H groups in total. The van der Waals surface area contributed by atoms with Crippen LogP contribution in [0, 0.1) is 5.82 Å². The summed E-state index contributed by atoms with van der Waals surface area (Å²) in [6, 6.07) is 12.4. The van der Waals surface area contributed by atoms with Crippen molar-refractivity contribution in [2.45, 2.75) is 39.3 Å². The number of rotatable bonds is 11. The number of methoxy groups -OCH3 is 1.